The number of carboxylic acid groups (broad SMARTS) is 1. The van der Waals surface area contributed by atoms with Crippen LogP contribution in [0.5, 0.6) is 17.2 Å². The first-order valence-corrected chi connectivity index (χ1v) is 11.6. The zero-order valence-corrected chi connectivity index (χ0v) is 20.0. The van der Waals surface area contributed by atoms with Crippen molar-refractivity contribution >= 4 is 17.7 Å². The van der Waals surface area contributed by atoms with Gasteiger partial charge in [0.25, 0.3) is 0 Å². The second-order valence-electron chi connectivity index (χ2n) is 8.45. The lowest BCUT2D eigenvalue weighted by atomic mass is 9.88. The number of thioether (sulfide) groups is 1. The van der Waals surface area contributed by atoms with Crippen LogP contribution >= 0.6 is 11.8 Å². The summed E-state index contributed by atoms with van der Waals surface area (Å²) in [5.41, 5.74) is 2.27. The van der Waals surface area contributed by atoms with Crippen LogP contribution in [-0.2, 0) is 4.79 Å². The third-order valence-electron chi connectivity index (χ3n) is 5.44. The predicted molar refractivity (Wildman–Crippen MR) is 126 cm³/mol. The summed E-state index contributed by atoms with van der Waals surface area (Å²) >= 11 is 1.79. The van der Waals surface area contributed by atoms with Crippen molar-refractivity contribution in [2.45, 2.75) is 58.8 Å². The summed E-state index contributed by atoms with van der Waals surface area (Å²) in [5, 5.41) is 19.1. The van der Waals surface area contributed by atoms with Crippen LogP contribution in [0.1, 0.15) is 49.8 Å². The second-order valence-corrected chi connectivity index (χ2v) is 9.59. The highest BCUT2D eigenvalue weighted by Crippen LogP contribution is 2.33. The fourth-order valence-electron chi connectivity index (χ4n) is 3.06. The van der Waals surface area contributed by atoms with Gasteiger partial charge < -0.3 is 19.7 Å². The van der Waals surface area contributed by atoms with Gasteiger partial charge in [-0.3, -0.25) is 4.79 Å². The number of hydrogen-bond donors (Lipinski definition) is 2. The van der Waals surface area contributed by atoms with E-state index in [4.69, 9.17) is 14.6 Å². The molecule has 0 radical (unpaired) electrons. The molecule has 2 aromatic rings. The molecule has 6 heteroatoms. The minimum absolute atomic E-state index is 0.390. The molecule has 0 bridgehead atoms. The van der Waals surface area contributed by atoms with Crippen LogP contribution in [0.15, 0.2) is 35.2 Å². The zero-order chi connectivity index (χ0) is 23.0. The van der Waals surface area contributed by atoms with Gasteiger partial charge in [0.2, 0.25) is 0 Å². The molecule has 31 heavy (non-hydrogen) atoms. The summed E-state index contributed by atoms with van der Waals surface area (Å²) in [6.07, 6.45) is 2.18. The van der Waals surface area contributed by atoms with E-state index in [0.717, 1.165) is 40.4 Å². The van der Waals surface area contributed by atoms with Crippen molar-refractivity contribution in [1.29, 1.82) is 0 Å². The lowest BCUT2D eigenvalue weighted by Gasteiger charge is -2.18. The Bertz CT molecular complexity index is 874. The molecule has 2 rings (SSSR count). The smallest absolute Gasteiger partial charge is 0.309 e. The molecule has 0 fully saturated rings. The Labute approximate surface area is 189 Å². The van der Waals surface area contributed by atoms with Crippen molar-refractivity contribution < 1.29 is 24.5 Å². The van der Waals surface area contributed by atoms with E-state index in [-0.39, 0.29) is 0 Å². The van der Waals surface area contributed by atoms with E-state index in [0.29, 0.717) is 31.8 Å². The lowest BCUT2D eigenvalue weighted by molar-refractivity contribution is -0.147. The predicted octanol–water partition coefficient (Wildman–Crippen LogP) is 6.15. The molecule has 0 saturated carbocycles. The largest absolute Gasteiger partial charge is 0.507 e. The van der Waals surface area contributed by atoms with Gasteiger partial charge in [-0.2, -0.15) is 0 Å². The van der Waals surface area contributed by atoms with Gasteiger partial charge in [0, 0.05) is 10.6 Å². The highest BCUT2D eigenvalue weighted by molar-refractivity contribution is 7.99. The van der Waals surface area contributed by atoms with Crippen LogP contribution in [0.4, 0.5) is 0 Å². The lowest BCUT2D eigenvalue weighted by Crippen LogP contribution is -2.24. The molecule has 0 atom stereocenters. The van der Waals surface area contributed by atoms with Crippen LogP contribution < -0.4 is 9.47 Å². The number of aliphatic carboxylic acids is 1. The van der Waals surface area contributed by atoms with Gasteiger partial charge in [-0.15, -0.1) is 11.8 Å². The van der Waals surface area contributed by atoms with Gasteiger partial charge in [0.05, 0.1) is 18.6 Å². The molecule has 0 aliphatic carbocycles. The van der Waals surface area contributed by atoms with E-state index >= 15 is 0 Å². The Morgan fingerprint density at radius 3 is 2.06 bits per heavy atom. The molecular weight excluding hydrogens is 412 g/mol. The molecule has 0 spiro atoms. The van der Waals surface area contributed by atoms with Crippen LogP contribution in [0.3, 0.4) is 0 Å². The summed E-state index contributed by atoms with van der Waals surface area (Å²) < 4.78 is 11.5. The van der Waals surface area contributed by atoms with E-state index in [1.165, 1.54) is 4.90 Å². The molecule has 0 aromatic heterocycles. The summed E-state index contributed by atoms with van der Waals surface area (Å²) in [6, 6.07) is 9.57. The average molecular weight is 447 g/mol. The van der Waals surface area contributed by atoms with Gasteiger partial charge in [-0.1, -0.05) is 0 Å². The normalized spacial score (nSPS) is 11.4. The fraction of sp³-hybridized carbons (Fsp3) is 0.480. The SMILES string of the molecule is Cc1cc(SCCCOc2ccc(OCCCC(C)(C)C(=O)O)cc2)c(C)c(C)c1O. The fourth-order valence-corrected chi connectivity index (χ4v) is 4.17. The molecule has 0 unspecified atom stereocenters. The zero-order valence-electron chi connectivity index (χ0n) is 19.2. The molecule has 5 nitrogen and oxygen atoms in total. The number of aryl methyl sites for hydroxylation is 1. The maximum absolute atomic E-state index is 11.1. The van der Waals surface area contributed by atoms with Crippen molar-refractivity contribution in [3.05, 3.63) is 47.0 Å². The van der Waals surface area contributed by atoms with Crippen molar-refractivity contribution in [2.24, 2.45) is 5.41 Å². The molecule has 2 N–H and O–H groups in total. The Balaban J connectivity index is 1.68. The number of rotatable bonds is 12. The van der Waals surface area contributed by atoms with Gasteiger partial charge in [0.15, 0.2) is 0 Å². The molecule has 0 amide bonds. The summed E-state index contributed by atoms with van der Waals surface area (Å²) in [6.45, 7) is 10.5. The maximum atomic E-state index is 11.1. The molecule has 0 heterocycles. The molecular formula is C25H34O5S. The minimum atomic E-state index is -0.782. The third kappa shape index (κ3) is 7.39. The van der Waals surface area contributed by atoms with Gasteiger partial charge in [-0.25, -0.2) is 0 Å². The third-order valence-corrected chi connectivity index (χ3v) is 6.67. The summed E-state index contributed by atoms with van der Waals surface area (Å²) in [4.78, 5) is 12.3. The summed E-state index contributed by atoms with van der Waals surface area (Å²) in [5.74, 6) is 2.11. The Morgan fingerprint density at radius 2 is 1.52 bits per heavy atom. The molecule has 0 aliphatic rings. The number of carbonyl (C=O) groups is 1. The highest BCUT2D eigenvalue weighted by atomic mass is 32.2. The van der Waals surface area contributed by atoms with Crippen molar-refractivity contribution in [1.82, 2.24) is 0 Å². The monoisotopic (exact) mass is 446 g/mol. The molecule has 0 aliphatic heterocycles. The van der Waals surface area contributed by atoms with Crippen molar-refractivity contribution in [2.75, 3.05) is 19.0 Å². The first-order chi connectivity index (χ1) is 14.6. The van der Waals surface area contributed by atoms with Gasteiger partial charge in [0.1, 0.15) is 17.2 Å². The number of carboxylic acids is 1. The van der Waals surface area contributed by atoms with E-state index in [9.17, 15) is 9.90 Å². The molecule has 2 aromatic carbocycles. The van der Waals surface area contributed by atoms with Crippen LogP contribution in [0.25, 0.3) is 0 Å². The number of hydrogen-bond acceptors (Lipinski definition) is 5. The quantitative estimate of drug-likeness (QED) is 0.301. The number of phenols is 1. The van der Waals surface area contributed by atoms with Crippen molar-refractivity contribution in [3.8, 4) is 17.2 Å². The van der Waals surface area contributed by atoms with Gasteiger partial charge >= 0.3 is 5.97 Å². The number of aromatic hydroxyl groups is 1. The number of benzene rings is 2. The van der Waals surface area contributed by atoms with E-state index in [1.807, 2.05) is 51.1 Å². The Kier molecular flexibility index (Phi) is 9.11. The highest BCUT2D eigenvalue weighted by Gasteiger charge is 2.26. The molecule has 0 saturated heterocycles. The Morgan fingerprint density at radius 1 is 0.968 bits per heavy atom. The number of ether oxygens (including phenoxy) is 2. The van der Waals surface area contributed by atoms with Crippen LogP contribution in [-0.4, -0.2) is 35.1 Å². The summed E-state index contributed by atoms with van der Waals surface area (Å²) in [7, 11) is 0. The van der Waals surface area contributed by atoms with Crippen LogP contribution in [0, 0.1) is 26.2 Å². The number of phenolic OH excluding ortho intramolecular Hbond substituents is 1. The Hall–Kier alpha value is -2.34. The van der Waals surface area contributed by atoms with E-state index < -0.39 is 11.4 Å². The van der Waals surface area contributed by atoms with Gasteiger partial charge in [-0.05, 0) is 101 Å². The first-order valence-electron chi connectivity index (χ1n) is 10.6. The second kappa shape index (κ2) is 11.3. The van der Waals surface area contributed by atoms with Crippen molar-refractivity contribution in [3.63, 3.8) is 0 Å². The molecule has 170 valence electrons. The standard InChI is InChI=1S/C25H34O5S/c1-17-16-22(18(2)19(3)23(17)26)31-15-7-14-30-21-10-8-20(9-11-21)29-13-6-12-25(4,5)24(27)28/h8-11,16,26H,6-7,12-15H2,1-5H3,(H,27,28). The van der Waals surface area contributed by atoms with Crippen LogP contribution in [0.2, 0.25) is 0 Å². The average Bonchev–Trinajstić information content (AvgIpc) is 2.73. The first kappa shape index (κ1) is 24.9. The maximum Gasteiger partial charge on any atom is 0.309 e. The van der Waals surface area contributed by atoms with E-state index in [2.05, 4.69) is 0 Å². The topological polar surface area (TPSA) is 76.0 Å². The van der Waals surface area contributed by atoms with E-state index in [1.54, 1.807) is 25.6 Å². The minimum Gasteiger partial charge on any atom is -0.507 e.